The van der Waals surface area contributed by atoms with Crippen molar-refractivity contribution in [2.45, 2.75) is 13.0 Å². The Hall–Kier alpha value is -3.52. The Morgan fingerprint density at radius 1 is 1.09 bits per heavy atom. The third-order valence-electron chi connectivity index (χ3n) is 5.19. The highest BCUT2D eigenvalue weighted by molar-refractivity contribution is 9.10. The summed E-state index contributed by atoms with van der Waals surface area (Å²) in [5, 5.41) is 5.74. The number of nitrogens with zero attached hydrogens (tertiary/aromatic N) is 2. The Morgan fingerprint density at radius 2 is 1.94 bits per heavy atom. The number of halogens is 1. The fourth-order valence-electron chi connectivity index (χ4n) is 3.57. The van der Waals surface area contributed by atoms with E-state index in [2.05, 4.69) is 31.5 Å². The smallest absolute Gasteiger partial charge is 0.257 e. The van der Waals surface area contributed by atoms with Crippen LogP contribution < -0.4 is 15.5 Å². The van der Waals surface area contributed by atoms with Crippen LogP contribution in [-0.2, 0) is 16.1 Å². The molecule has 2 heterocycles. The first kappa shape index (κ1) is 21.7. The van der Waals surface area contributed by atoms with Crippen molar-refractivity contribution >= 4 is 45.0 Å². The molecular weight excluding hydrogens is 472 g/mol. The van der Waals surface area contributed by atoms with E-state index in [9.17, 15) is 14.4 Å². The topological polar surface area (TPSA) is 91.4 Å². The molecule has 1 saturated heterocycles. The van der Waals surface area contributed by atoms with E-state index in [1.807, 2.05) is 42.5 Å². The molecule has 1 fully saturated rings. The lowest BCUT2D eigenvalue weighted by atomic mass is 10.1. The molecule has 162 valence electrons. The van der Waals surface area contributed by atoms with E-state index in [0.717, 1.165) is 15.7 Å². The molecule has 0 unspecified atom stereocenters. The molecule has 0 saturated carbocycles. The highest BCUT2D eigenvalue weighted by atomic mass is 79.9. The summed E-state index contributed by atoms with van der Waals surface area (Å²) in [6.45, 7) is 0.652. The summed E-state index contributed by atoms with van der Waals surface area (Å²) in [4.78, 5) is 43.0. The van der Waals surface area contributed by atoms with E-state index in [1.165, 1.54) is 6.20 Å². The van der Waals surface area contributed by atoms with Crippen molar-refractivity contribution in [3.63, 3.8) is 0 Å². The van der Waals surface area contributed by atoms with Crippen molar-refractivity contribution in [1.29, 1.82) is 0 Å². The van der Waals surface area contributed by atoms with Crippen LogP contribution in [-0.4, -0.2) is 29.3 Å². The standard InChI is InChI=1S/C24H21BrN4O3/c25-19-6-2-8-21(12-19)29-15-18(11-22(29)30)23(31)27-13-16-4-1-7-20(10-16)28-24(32)17-5-3-9-26-14-17/h1-10,12,14,18H,11,13,15H2,(H,27,31)(H,28,32)/t18-/m0/s1. The van der Waals surface area contributed by atoms with Gasteiger partial charge in [0.25, 0.3) is 5.91 Å². The number of hydrogen-bond donors (Lipinski definition) is 2. The predicted octanol–water partition coefficient (Wildman–Crippen LogP) is 3.77. The number of rotatable bonds is 6. The van der Waals surface area contributed by atoms with Gasteiger partial charge in [-0.3, -0.25) is 19.4 Å². The molecular formula is C24H21BrN4O3. The molecule has 1 aliphatic rings. The maximum Gasteiger partial charge on any atom is 0.257 e. The molecule has 0 bridgehead atoms. The van der Waals surface area contributed by atoms with Crippen molar-refractivity contribution in [3.05, 3.63) is 88.7 Å². The molecule has 1 aromatic heterocycles. The summed E-state index contributed by atoms with van der Waals surface area (Å²) in [7, 11) is 0. The second kappa shape index (κ2) is 9.74. The lowest BCUT2D eigenvalue weighted by molar-refractivity contribution is -0.126. The van der Waals surface area contributed by atoms with E-state index in [-0.39, 0.29) is 24.1 Å². The Morgan fingerprint density at radius 3 is 2.72 bits per heavy atom. The molecule has 2 N–H and O–H groups in total. The number of carbonyl (C=O) groups is 3. The highest BCUT2D eigenvalue weighted by Crippen LogP contribution is 2.27. The summed E-state index contributed by atoms with van der Waals surface area (Å²) >= 11 is 3.41. The van der Waals surface area contributed by atoms with Gasteiger partial charge in [-0.05, 0) is 48.0 Å². The summed E-state index contributed by atoms with van der Waals surface area (Å²) in [5.74, 6) is -0.893. The first-order valence-corrected chi connectivity index (χ1v) is 10.9. The van der Waals surface area contributed by atoms with Gasteiger partial charge >= 0.3 is 0 Å². The molecule has 3 aromatic rings. The molecule has 32 heavy (non-hydrogen) atoms. The number of benzene rings is 2. The molecule has 4 rings (SSSR count). The molecule has 0 aliphatic carbocycles. The van der Waals surface area contributed by atoms with Gasteiger partial charge in [0.05, 0.1) is 11.5 Å². The average Bonchev–Trinajstić information content (AvgIpc) is 3.20. The Labute approximate surface area is 194 Å². The number of hydrogen-bond acceptors (Lipinski definition) is 4. The molecule has 3 amide bonds. The Kier molecular flexibility index (Phi) is 6.61. The Bertz CT molecular complexity index is 1150. The fourth-order valence-corrected chi connectivity index (χ4v) is 3.96. The van der Waals surface area contributed by atoms with Crippen molar-refractivity contribution in [3.8, 4) is 0 Å². The number of carbonyl (C=O) groups excluding carboxylic acids is 3. The van der Waals surface area contributed by atoms with Crippen molar-refractivity contribution in [1.82, 2.24) is 10.3 Å². The van der Waals surface area contributed by atoms with Gasteiger partial charge in [-0.1, -0.05) is 34.1 Å². The van der Waals surface area contributed by atoms with Gasteiger partial charge in [0.15, 0.2) is 0 Å². The van der Waals surface area contributed by atoms with Crippen LogP contribution in [0.2, 0.25) is 0 Å². The fraction of sp³-hybridized carbons (Fsp3) is 0.167. The van der Waals surface area contributed by atoms with Gasteiger partial charge in [-0.2, -0.15) is 0 Å². The molecule has 8 heteroatoms. The third kappa shape index (κ3) is 5.20. The highest BCUT2D eigenvalue weighted by Gasteiger charge is 2.35. The van der Waals surface area contributed by atoms with Crippen molar-refractivity contribution in [2.24, 2.45) is 5.92 Å². The minimum Gasteiger partial charge on any atom is -0.352 e. The SMILES string of the molecule is O=C(Nc1cccc(CNC(=O)[C@H]2CC(=O)N(c3cccc(Br)c3)C2)c1)c1cccnc1. The minimum atomic E-state index is -0.407. The molecule has 2 aromatic carbocycles. The van der Waals surface area contributed by atoms with Crippen LogP contribution in [0.1, 0.15) is 22.3 Å². The van der Waals surface area contributed by atoms with Gasteiger partial charge in [0, 0.05) is 47.8 Å². The molecule has 1 atom stereocenters. The number of pyridine rings is 1. The molecule has 0 radical (unpaired) electrons. The van der Waals surface area contributed by atoms with E-state index in [1.54, 1.807) is 29.3 Å². The molecule has 0 spiro atoms. The third-order valence-corrected chi connectivity index (χ3v) is 5.68. The summed E-state index contributed by atoms with van der Waals surface area (Å²) < 4.78 is 0.881. The van der Waals surface area contributed by atoms with Crippen LogP contribution in [0.3, 0.4) is 0 Å². The van der Waals surface area contributed by atoms with Crippen molar-refractivity contribution in [2.75, 3.05) is 16.8 Å². The lowest BCUT2D eigenvalue weighted by Gasteiger charge is -2.17. The summed E-state index contributed by atoms with van der Waals surface area (Å²) in [5.41, 5.74) is 2.71. The van der Waals surface area contributed by atoms with E-state index >= 15 is 0 Å². The zero-order valence-corrected chi connectivity index (χ0v) is 18.7. The minimum absolute atomic E-state index is 0.0663. The monoisotopic (exact) mass is 492 g/mol. The summed E-state index contributed by atoms with van der Waals surface area (Å²) in [6, 6.07) is 18.1. The predicted molar refractivity (Wildman–Crippen MR) is 125 cm³/mol. The van der Waals surface area contributed by atoms with Gasteiger partial charge in [-0.15, -0.1) is 0 Å². The van der Waals surface area contributed by atoms with Crippen molar-refractivity contribution < 1.29 is 14.4 Å². The average molecular weight is 493 g/mol. The zero-order chi connectivity index (χ0) is 22.5. The van der Waals surface area contributed by atoms with Gasteiger partial charge in [0.2, 0.25) is 11.8 Å². The lowest BCUT2D eigenvalue weighted by Crippen LogP contribution is -2.32. The maximum atomic E-state index is 12.7. The van der Waals surface area contributed by atoms with E-state index in [4.69, 9.17) is 0 Å². The first-order valence-electron chi connectivity index (χ1n) is 10.1. The second-order valence-electron chi connectivity index (χ2n) is 7.50. The van der Waals surface area contributed by atoms with E-state index < -0.39 is 5.92 Å². The largest absolute Gasteiger partial charge is 0.352 e. The first-order chi connectivity index (χ1) is 15.5. The number of amides is 3. The Balaban J connectivity index is 1.34. The number of nitrogens with one attached hydrogen (secondary N) is 2. The van der Waals surface area contributed by atoms with Crippen LogP contribution in [0.15, 0.2) is 77.5 Å². The van der Waals surface area contributed by atoms with E-state index in [0.29, 0.717) is 24.3 Å². The molecule has 1 aliphatic heterocycles. The quantitative estimate of drug-likeness (QED) is 0.547. The number of anilines is 2. The van der Waals surface area contributed by atoms with Gasteiger partial charge < -0.3 is 15.5 Å². The van der Waals surface area contributed by atoms with Crippen LogP contribution in [0.25, 0.3) is 0 Å². The molecule has 7 nitrogen and oxygen atoms in total. The van der Waals surface area contributed by atoms with Gasteiger partial charge in [0.1, 0.15) is 0 Å². The summed E-state index contributed by atoms with van der Waals surface area (Å²) in [6.07, 6.45) is 3.29. The second-order valence-corrected chi connectivity index (χ2v) is 8.41. The van der Waals surface area contributed by atoms with Crippen LogP contribution in [0.5, 0.6) is 0 Å². The van der Waals surface area contributed by atoms with Crippen LogP contribution in [0, 0.1) is 5.92 Å². The zero-order valence-electron chi connectivity index (χ0n) is 17.1. The van der Waals surface area contributed by atoms with Crippen LogP contribution in [0.4, 0.5) is 11.4 Å². The van der Waals surface area contributed by atoms with Gasteiger partial charge in [-0.25, -0.2) is 0 Å². The van der Waals surface area contributed by atoms with Crippen LogP contribution >= 0.6 is 15.9 Å². The maximum absolute atomic E-state index is 12.7. The normalized spacial score (nSPS) is 15.5. The number of aromatic nitrogens is 1.